The fourth-order valence-electron chi connectivity index (χ4n) is 2.56. The smallest absolute Gasteiger partial charge is 0.351 e. The highest BCUT2D eigenvalue weighted by atomic mass is 35.5. The third-order valence-corrected chi connectivity index (χ3v) is 3.84. The fraction of sp³-hybridized carbons (Fsp3) is 0.533. The Morgan fingerprint density at radius 2 is 1.78 bits per heavy atom. The summed E-state index contributed by atoms with van der Waals surface area (Å²) in [6.07, 6.45) is -3.44. The van der Waals surface area contributed by atoms with Crippen molar-refractivity contribution in [2.75, 3.05) is 12.3 Å². The molecule has 2 N–H and O–H groups in total. The van der Waals surface area contributed by atoms with E-state index in [9.17, 15) is 19.2 Å². The predicted molar refractivity (Wildman–Crippen MR) is 89.6 cm³/mol. The first-order chi connectivity index (χ1) is 12.6. The minimum atomic E-state index is -1.24. The summed E-state index contributed by atoms with van der Waals surface area (Å²) >= 11 is 5.91. The molecular formula is C15H18ClN3O8. The van der Waals surface area contributed by atoms with Crippen LogP contribution < -0.4 is 11.4 Å². The highest BCUT2D eigenvalue weighted by Crippen LogP contribution is 2.34. The zero-order valence-electron chi connectivity index (χ0n) is 14.7. The molecule has 0 saturated carbocycles. The molecule has 1 aromatic rings. The quantitative estimate of drug-likeness (QED) is 0.517. The summed E-state index contributed by atoms with van der Waals surface area (Å²) in [5.41, 5.74) is 4.67. The molecule has 0 amide bonds. The van der Waals surface area contributed by atoms with Crippen LogP contribution in [0.1, 0.15) is 27.0 Å². The summed E-state index contributed by atoms with van der Waals surface area (Å²) < 4.78 is 22.0. The lowest BCUT2D eigenvalue weighted by molar-refractivity contribution is -0.166. The molecule has 2 heterocycles. The number of hydrogen-bond donors (Lipinski definition) is 1. The summed E-state index contributed by atoms with van der Waals surface area (Å²) in [6, 6.07) is 0. The number of anilines is 1. The predicted octanol–water partition coefficient (Wildman–Crippen LogP) is -0.197. The van der Waals surface area contributed by atoms with Gasteiger partial charge in [0.15, 0.2) is 18.4 Å². The number of carbonyl (C=O) groups is 3. The highest BCUT2D eigenvalue weighted by Gasteiger charge is 2.51. The van der Waals surface area contributed by atoms with Crippen molar-refractivity contribution in [2.45, 2.75) is 45.3 Å². The minimum absolute atomic E-state index is 0.0350. The Labute approximate surface area is 158 Å². The Morgan fingerprint density at radius 1 is 1.19 bits per heavy atom. The molecule has 11 nitrogen and oxygen atoms in total. The summed E-state index contributed by atoms with van der Waals surface area (Å²) in [4.78, 5) is 49.9. The van der Waals surface area contributed by atoms with Gasteiger partial charge in [0.25, 0.3) is 0 Å². The van der Waals surface area contributed by atoms with E-state index in [1.165, 1.54) is 6.92 Å². The number of halogens is 1. The Kier molecular flexibility index (Phi) is 6.39. The lowest BCUT2D eigenvalue weighted by Gasteiger charge is -2.24. The van der Waals surface area contributed by atoms with Crippen molar-refractivity contribution in [3.63, 3.8) is 0 Å². The number of aromatic nitrogens is 2. The van der Waals surface area contributed by atoms with Crippen LogP contribution in [-0.4, -0.2) is 52.4 Å². The van der Waals surface area contributed by atoms with Gasteiger partial charge in [0.2, 0.25) is 0 Å². The van der Waals surface area contributed by atoms with Gasteiger partial charge in [0, 0.05) is 27.0 Å². The second-order valence-corrected chi connectivity index (χ2v) is 6.09. The topological polar surface area (TPSA) is 149 Å². The number of nitrogen functional groups attached to an aromatic ring is 1. The van der Waals surface area contributed by atoms with Crippen molar-refractivity contribution in [1.29, 1.82) is 0 Å². The Bertz CT molecular complexity index is 811. The molecule has 0 bridgehead atoms. The van der Waals surface area contributed by atoms with E-state index in [-0.39, 0.29) is 17.4 Å². The molecule has 1 aromatic heterocycles. The van der Waals surface area contributed by atoms with Crippen molar-refractivity contribution in [2.24, 2.45) is 0 Å². The summed E-state index contributed by atoms with van der Waals surface area (Å²) in [7, 11) is 0. The summed E-state index contributed by atoms with van der Waals surface area (Å²) in [6.45, 7) is 3.17. The van der Waals surface area contributed by atoms with E-state index in [1.807, 2.05) is 0 Å². The van der Waals surface area contributed by atoms with Crippen LogP contribution in [0.25, 0.3) is 0 Å². The van der Waals surface area contributed by atoms with Crippen LogP contribution >= 0.6 is 11.6 Å². The number of rotatable bonds is 5. The molecule has 1 saturated heterocycles. The number of nitrogens with zero attached hydrogens (tertiary/aromatic N) is 2. The van der Waals surface area contributed by atoms with E-state index in [4.69, 9.17) is 36.3 Å². The van der Waals surface area contributed by atoms with Gasteiger partial charge in [0.1, 0.15) is 18.5 Å². The zero-order valence-corrected chi connectivity index (χ0v) is 15.5. The maximum atomic E-state index is 12.2. The molecule has 12 heteroatoms. The second kappa shape index (κ2) is 8.35. The molecule has 0 unspecified atom stereocenters. The normalized spacial score (nSPS) is 24.3. The Hall–Kier alpha value is -2.66. The van der Waals surface area contributed by atoms with Gasteiger partial charge < -0.3 is 24.7 Å². The summed E-state index contributed by atoms with van der Waals surface area (Å²) in [5.74, 6) is -2.17. The third-order valence-electron chi connectivity index (χ3n) is 3.55. The number of nitrogens with two attached hydrogens (primary N) is 1. The zero-order chi connectivity index (χ0) is 20.3. The molecule has 0 aromatic carbocycles. The van der Waals surface area contributed by atoms with Crippen molar-refractivity contribution in [3.05, 3.63) is 21.7 Å². The first-order valence-corrected chi connectivity index (χ1v) is 8.15. The van der Waals surface area contributed by atoms with Gasteiger partial charge in [-0.25, -0.2) is 4.79 Å². The number of carbonyl (C=O) groups excluding carboxylic acids is 3. The standard InChI is InChI=1S/C15H18ClN3O8/c1-6(20)24-5-10-11(25-7(2)21)12(26-8(3)22)14(27-10)19-4-9(16)13(17)18-15(19)23/h4,10-12,14H,5H2,1-3H3,(H2,17,18,23)/t10-,11+,12-,14-/m1/s1. The molecular weight excluding hydrogens is 386 g/mol. The van der Waals surface area contributed by atoms with Crippen LogP contribution in [0.15, 0.2) is 11.0 Å². The monoisotopic (exact) mass is 403 g/mol. The molecule has 0 spiro atoms. The van der Waals surface area contributed by atoms with Gasteiger partial charge in [0.05, 0.1) is 5.02 Å². The largest absolute Gasteiger partial charge is 0.463 e. The molecule has 1 aliphatic heterocycles. The molecule has 2 rings (SSSR count). The minimum Gasteiger partial charge on any atom is -0.463 e. The molecule has 27 heavy (non-hydrogen) atoms. The van der Waals surface area contributed by atoms with Gasteiger partial charge in [-0.1, -0.05) is 11.6 Å². The van der Waals surface area contributed by atoms with Gasteiger partial charge in [-0.2, -0.15) is 4.98 Å². The van der Waals surface area contributed by atoms with Gasteiger partial charge in [-0.3, -0.25) is 19.0 Å². The van der Waals surface area contributed by atoms with Gasteiger partial charge >= 0.3 is 23.6 Å². The van der Waals surface area contributed by atoms with Crippen LogP contribution in [0.4, 0.5) is 5.82 Å². The average molecular weight is 404 g/mol. The van der Waals surface area contributed by atoms with Gasteiger partial charge in [-0.05, 0) is 0 Å². The molecule has 1 fully saturated rings. The number of esters is 3. The number of hydrogen-bond acceptors (Lipinski definition) is 10. The number of ether oxygens (including phenoxy) is 4. The van der Waals surface area contributed by atoms with E-state index in [0.29, 0.717) is 0 Å². The van der Waals surface area contributed by atoms with Crippen molar-refractivity contribution in [3.8, 4) is 0 Å². The fourth-order valence-corrected chi connectivity index (χ4v) is 2.70. The maximum absolute atomic E-state index is 12.2. The second-order valence-electron chi connectivity index (χ2n) is 5.68. The Morgan fingerprint density at radius 3 is 2.33 bits per heavy atom. The first-order valence-electron chi connectivity index (χ1n) is 7.77. The van der Waals surface area contributed by atoms with E-state index < -0.39 is 48.1 Å². The van der Waals surface area contributed by atoms with Gasteiger partial charge in [-0.15, -0.1) is 0 Å². The van der Waals surface area contributed by atoms with Crippen molar-refractivity contribution < 1.29 is 33.3 Å². The molecule has 1 aliphatic rings. The maximum Gasteiger partial charge on any atom is 0.351 e. The van der Waals surface area contributed by atoms with E-state index in [1.54, 1.807) is 0 Å². The lowest BCUT2D eigenvalue weighted by atomic mass is 10.1. The molecule has 0 aliphatic carbocycles. The molecule has 148 valence electrons. The highest BCUT2D eigenvalue weighted by molar-refractivity contribution is 6.32. The van der Waals surface area contributed by atoms with E-state index in [0.717, 1.165) is 24.6 Å². The van der Waals surface area contributed by atoms with Crippen LogP contribution in [0.3, 0.4) is 0 Å². The van der Waals surface area contributed by atoms with Crippen molar-refractivity contribution in [1.82, 2.24) is 9.55 Å². The van der Waals surface area contributed by atoms with Crippen LogP contribution in [0.2, 0.25) is 5.02 Å². The van der Waals surface area contributed by atoms with E-state index in [2.05, 4.69) is 4.98 Å². The van der Waals surface area contributed by atoms with Crippen LogP contribution in [-0.2, 0) is 33.3 Å². The van der Waals surface area contributed by atoms with Crippen LogP contribution in [0.5, 0.6) is 0 Å². The van der Waals surface area contributed by atoms with Crippen LogP contribution in [0, 0.1) is 0 Å². The third kappa shape index (κ3) is 4.95. The molecule has 0 radical (unpaired) electrons. The van der Waals surface area contributed by atoms with Crippen molar-refractivity contribution >= 4 is 35.3 Å². The first kappa shape index (κ1) is 20.6. The lowest BCUT2D eigenvalue weighted by Crippen LogP contribution is -2.41. The summed E-state index contributed by atoms with van der Waals surface area (Å²) in [5, 5.41) is -0.0350. The SMILES string of the molecule is CC(=O)OC[C@H]1O[C@@H](n2cc(Cl)c(N)nc2=O)[C@H](OC(C)=O)[C@H]1OC(C)=O. The molecule has 4 atom stereocenters. The average Bonchev–Trinajstić information content (AvgIpc) is 2.85. The Balaban J connectivity index is 2.45. The van der Waals surface area contributed by atoms with E-state index >= 15 is 0 Å².